The van der Waals surface area contributed by atoms with Gasteiger partial charge in [0.1, 0.15) is 0 Å². The number of benzene rings is 2. The molecular formula is C14H11Cl2N. The van der Waals surface area contributed by atoms with Crippen LogP contribution in [0.4, 0.5) is 5.69 Å². The van der Waals surface area contributed by atoms with Crippen LogP contribution < -0.4 is 0 Å². The highest BCUT2D eigenvalue weighted by Gasteiger charge is 1.95. The summed E-state index contributed by atoms with van der Waals surface area (Å²) in [5.41, 5.74) is 3.03. The first-order valence-electron chi connectivity index (χ1n) is 5.20. The Balaban J connectivity index is 2.22. The Kier molecular flexibility index (Phi) is 3.82. The fourth-order valence-electron chi connectivity index (χ4n) is 1.42. The molecule has 0 fully saturated rings. The normalized spacial score (nSPS) is 11.0. The van der Waals surface area contributed by atoms with Gasteiger partial charge in [0.25, 0.3) is 0 Å². The first-order chi connectivity index (χ1) is 8.13. The van der Waals surface area contributed by atoms with Crippen LogP contribution in [-0.2, 0) is 0 Å². The van der Waals surface area contributed by atoms with Gasteiger partial charge in [0.15, 0.2) is 0 Å². The van der Waals surface area contributed by atoms with Crippen molar-refractivity contribution in [1.82, 2.24) is 0 Å². The van der Waals surface area contributed by atoms with Gasteiger partial charge in [-0.25, -0.2) is 0 Å². The van der Waals surface area contributed by atoms with Gasteiger partial charge in [-0.2, -0.15) is 0 Å². The Morgan fingerprint density at radius 2 is 1.53 bits per heavy atom. The molecule has 0 bridgehead atoms. The number of nitrogens with zero attached hydrogens (tertiary/aromatic N) is 1. The number of hydrogen-bond acceptors (Lipinski definition) is 1. The smallest absolute Gasteiger partial charge is 0.0659 e. The second-order valence-corrected chi connectivity index (χ2v) is 4.67. The predicted molar refractivity (Wildman–Crippen MR) is 74.9 cm³/mol. The SMILES string of the molecule is Cc1ccc(C=Nc2cc(Cl)cc(Cl)c2)cc1. The number of aryl methyl sites for hydroxylation is 1. The first kappa shape index (κ1) is 12.2. The fraction of sp³-hybridized carbons (Fsp3) is 0.0714. The minimum Gasteiger partial charge on any atom is -0.256 e. The second kappa shape index (κ2) is 5.35. The first-order valence-corrected chi connectivity index (χ1v) is 5.96. The van der Waals surface area contributed by atoms with Crippen molar-refractivity contribution in [3.8, 4) is 0 Å². The van der Waals surface area contributed by atoms with E-state index in [0.29, 0.717) is 10.0 Å². The quantitative estimate of drug-likeness (QED) is 0.673. The van der Waals surface area contributed by atoms with E-state index in [1.807, 2.05) is 24.3 Å². The maximum atomic E-state index is 5.89. The zero-order valence-corrected chi connectivity index (χ0v) is 10.8. The third kappa shape index (κ3) is 3.58. The summed E-state index contributed by atoms with van der Waals surface area (Å²) in [5, 5.41) is 1.18. The van der Waals surface area contributed by atoms with Crippen molar-refractivity contribution in [1.29, 1.82) is 0 Å². The molecule has 0 aromatic heterocycles. The lowest BCUT2D eigenvalue weighted by atomic mass is 10.2. The van der Waals surface area contributed by atoms with Crippen LogP contribution in [0.5, 0.6) is 0 Å². The van der Waals surface area contributed by atoms with Crippen LogP contribution in [0.25, 0.3) is 0 Å². The Labute approximate surface area is 111 Å². The van der Waals surface area contributed by atoms with Crippen molar-refractivity contribution < 1.29 is 0 Å². The molecule has 0 saturated carbocycles. The molecule has 0 unspecified atom stereocenters. The molecular weight excluding hydrogens is 253 g/mol. The van der Waals surface area contributed by atoms with Crippen molar-refractivity contribution in [3.63, 3.8) is 0 Å². The largest absolute Gasteiger partial charge is 0.256 e. The van der Waals surface area contributed by atoms with Crippen LogP contribution in [0.3, 0.4) is 0 Å². The number of hydrogen-bond donors (Lipinski definition) is 0. The highest BCUT2D eigenvalue weighted by atomic mass is 35.5. The van der Waals surface area contributed by atoms with Crippen LogP contribution >= 0.6 is 23.2 Å². The second-order valence-electron chi connectivity index (χ2n) is 3.80. The Morgan fingerprint density at radius 3 is 2.12 bits per heavy atom. The Hall–Kier alpha value is -1.31. The molecule has 0 N–H and O–H groups in total. The van der Waals surface area contributed by atoms with Gasteiger partial charge in [0, 0.05) is 16.3 Å². The van der Waals surface area contributed by atoms with Gasteiger partial charge in [0.2, 0.25) is 0 Å². The molecule has 0 aliphatic heterocycles. The van der Waals surface area contributed by atoms with Crippen molar-refractivity contribution >= 4 is 35.1 Å². The van der Waals surface area contributed by atoms with Gasteiger partial charge in [0.05, 0.1) is 5.69 Å². The van der Waals surface area contributed by atoms with E-state index in [1.165, 1.54) is 5.56 Å². The zero-order chi connectivity index (χ0) is 12.3. The van der Waals surface area contributed by atoms with Gasteiger partial charge in [-0.1, -0.05) is 53.0 Å². The van der Waals surface area contributed by atoms with E-state index in [2.05, 4.69) is 11.9 Å². The summed E-state index contributed by atoms with van der Waals surface area (Å²) >= 11 is 11.8. The van der Waals surface area contributed by atoms with E-state index in [1.54, 1.807) is 24.4 Å². The van der Waals surface area contributed by atoms with Crippen LogP contribution in [0.1, 0.15) is 11.1 Å². The zero-order valence-electron chi connectivity index (χ0n) is 9.32. The summed E-state index contributed by atoms with van der Waals surface area (Å²) < 4.78 is 0. The van der Waals surface area contributed by atoms with E-state index in [0.717, 1.165) is 11.3 Å². The van der Waals surface area contributed by atoms with Gasteiger partial charge in [-0.15, -0.1) is 0 Å². The lowest BCUT2D eigenvalue weighted by molar-refractivity contribution is 1.46. The van der Waals surface area contributed by atoms with Gasteiger partial charge in [-0.3, -0.25) is 4.99 Å². The monoisotopic (exact) mass is 263 g/mol. The summed E-state index contributed by atoms with van der Waals surface area (Å²) in [7, 11) is 0. The average molecular weight is 264 g/mol. The topological polar surface area (TPSA) is 12.4 Å². The van der Waals surface area contributed by atoms with Crippen LogP contribution in [0.15, 0.2) is 47.5 Å². The van der Waals surface area contributed by atoms with Crippen LogP contribution in [0.2, 0.25) is 10.0 Å². The molecule has 2 aromatic carbocycles. The van der Waals surface area contributed by atoms with E-state index >= 15 is 0 Å². The fourth-order valence-corrected chi connectivity index (χ4v) is 1.93. The molecule has 0 amide bonds. The molecule has 86 valence electrons. The Bertz CT molecular complexity index is 524. The van der Waals surface area contributed by atoms with Crippen molar-refractivity contribution in [2.24, 2.45) is 4.99 Å². The molecule has 2 rings (SSSR count). The van der Waals surface area contributed by atoms with Gasteiger partial charge in [-0.05, 0) is 30.7 Å². The molecule has 0 saturated heterocycles. The molecule has 0 aliphatic carbocycles. The highest BCUT2D eigenvalue weighted by molar-refractivity contribution is 6.35. The van der Waals surface area contributed by atoms with Gasteiger partial charge < -0.3 is 0 Å². The molecule has 3 heteroatoms. The summed E-state index contributed by atoms with van der Waals surface area (Å²) in [6, 6.07) is 13.4. The summed E-state index contributed by atoms with van der Waals surface area (Å²) in [4.78, 5) is 4.33. The molecule has 0 spiro atoms. The van der Waals surface area contributed by atoms with Gasteiger partial charge >= 0.3 is 0 Å². The minimum atomic E-state index is 0.591. The molecule has 0 atom stereocenters. The predicted octanol–water partition coefficient (Wildman–Crippen LogP) is 5.05. The number of rotatable bonds is 2. The average Bonchev–Trinajstić information content (AvgIpc) is 2.27. The molecule has 0 aliphatic rings. The third-order valence-electron chi connectivity index (χ3n) is 2.29. The highest BCUT2D eigenvalue weighted by Crippen LogP contribution is 2.24. The summed E-state index contributed by atoms with van der Waals surface area (Å²) in [6.45, 7) is 2.05. The number of aliphatic imine (C=N–C) groups is 1. The maximum absolute atomic E-state index is 5.89. The molecule has 0 heterocycles. The van der Waals surface area contributed by atoms with E-state index in [-0.39, 0.29) is 0 Å². The maximum Gasteiger partial charge on any atom is 0.0659 e. The van der Waals surface area contributed by atoms with Crippen LogP contribution in [0, 0.1) is 6.92 Å². The standard InChI is InChI=1S/C14H11Cl2N/c1-10-2-4-11(5-3-10)9-17-14-7-12(15)6-13(16)8-14/h2-9H,1H3. The third-order valence-corrected chi connectivity index (χ3v) is 2.72. The number of halogens is 2. The van der Waals surface area contributed by atoms with E-state index in [4.69, 9.17) is 23.2 Å². The van der Waals surface area contributed by atoms with Crippen LogP contribution in [-0.4, -0.2) is 6.21 Å². The van der Waals surface area contributed by atoms with E-state index in [9.17, 15) is 0 Å². The van der Waals surface area contributed by atoms with E-state index < -0.39 is 0 Å². The molecule has 0 radical (unpaired) electrons. The lowest BCUT2D eigenvalue weighted by Gasteiger charge is -1.97. The molecule has 1 nitrogen and oxygen atoms in total. The summed E-state index contributed by atoms with van der Waals surface area (Å²) in [5.74, 6) is 0. The molecule has 17 heavy (non-hydrogen) atoms. The van der Waals surface area contributed by atoms with Crippen molar-refractivity contribution in [2.75, 3.05) is 0 Å². The van der Waals surface area contributed by atoms with Crippen molar-refractivity contribution in [2.45, 2.75) is 6.92 Å². The molecule has 2 aromatic rings. The van der Waals surface area contributed by atoms with Crippen molar-refractivity contribution in [3.05, 3.63) is 63.6 Å². The Morgan fingerprint density at radius 1 is 0.941 bits per heavy atom. The minimum absolute atomic E-state index is 0.591. The lowest BCUT2D eigenvalue weighted by Crippen LogP contribution is -1.80. The summed E-state index contributed by atoms with van der Waals surface area (Å²) in [6.07, 6.45) is 1.79.